The predicted molar refractivity (Wildman–Crippen MR) is 67.2 cm³/mol. The van der Waals surface area contributed by atoms with Gasteiger partial charge in [-0.3, -0.25) is 4.79 Å². The molecule has 78 valence electrons. The zero-order valence-electron chi connectivity index (χ0n) is 7.62. The largest absolute Gasteiger partial charge is 0.356 e. The van der Waals surface area contributed by atoms with E-state index >= 15 is 0 Å². The molecule has 0 atom stereocenters. The molecule has 0 fully saturated rings. The maximum absolute atomic E-state index is 11.1. The summed E-state index contributed by atoms with van der Waals surface area (Å²) >= 11 is 9.08. The van der Waals surface area contributed by atoms with Gasteiger partial charge in [-0.05, 0) is 34.2 Å². The fourth-order valence-electron chi connectivity index (χ4n) is 1.000. The van der Waals surface area contributed by atoms with Crippen molar-refractivity contribution in [3.05, 3.63) is 20.8 Å². The molecular weight excluding hydrogens is 282 g/mol. The van der Waals surface area contributed by atoms with Crippen molar-refractivity contribution < 1.29 is 4.79 Å². The van der Waals surface area contributed by atoms with E-state index in [9.17, 15) is 4.79 Å². The first-order chi connectivity index (χ1) is 6.72. The van der Waals surface area contributed by atoms with Crippen LogP contribution >= 0.6 is 39.9 Å². The van der Waals surface area contributed by atoms with Crippen LogP contribution in [0.15, 0.2) is 15.9 Å². The average molecular weight is 294 g/mol. The molecule has 0 saturated heterocycles. The Kier molecular flexibility index (Phi) is 5.59. The van der Waals surface area contributed by atoms with Crippen LogP contribution in [-0.4, -0.2) is 18.2 Å². The lowest BCUT2D eigenvalue weighted by Gasteiger charge is -2.01. The molecule has 1 heterocycles. The van der Waals surface area contributed by atoms with E-state index in [-0.39, 0.29) is 5.91 Å². The van der Waals surface area contributed by atoms with Crippen molar-refractivity contribution in [2.75, 3.05) is 12.3 Å². The third-order valence-corrected chi connectivity index (χ3v) is 3.64. The number of nitrogens with one attached hydrogen (secondary N) is 1. The van der Waals surface area contributed by atoms with E-state index < -0.39 is 0 Å². The molecule has 0 bridgehead atoms. The molecule has 0 aromatic carbocycles. The second-order valence-electron chi connectivity index (χ2n) is 2.80. The molecule has 0 aliphatic carbocycles. The molecule has 1 amide bonds. The van der Waals surface area contributed by atoms with Gasteiger partial charge in [0.15, 0.2) is 0 Å². The SMILES string of the molecule is O=C(CCS)NCCc1cc(Br)cs1. The summed E-state index contributed by atoms with van der Waals surface area (Å²) in [5.41, 5.74) is 0. The van der Waals surface area contributed by atoms with Gasteiger partial charge in [0, 0.05) is 27.7 Å². The molecular formula is C9H12BrNOS2. The van der Waals surface area contributed by atoms with Gasteiger partial charge in [0.1, 0.15) is 0 Å². The van der Waals surface area contributed by atoms with Crippen molar-refractivity contribution in [2.24, 2.45) is 0 Å². The van der Waals surface area contributed by atoms with Crippen LogP contribution in [0, 0.1) is 0 Å². The quantitative estimate of drug-likeness (QED) is 0.803. The molecule has 1 N–H and O–H groups in total. The lowest BCUT2D eigenvalue weighted by Crippen LogP contribution is -2.25. The number of hydrogen-bond donors (Lipinski definition) is 2. The molecule has 5 heteroatoms. The van der Waals surface area contributed by atoms with Crippen LogP contribution in [-0.2, 0) is 11.2 Å². The fraction of sp³-hybridized carbons (Fsp3) is 0.444. The molecule has 2 nitrogen and oxygen atoms in total. The maximum atomic E-state index is 11.1. The highest BCUT2D eigenvalue weighted by atomic mass is 79.9. The molecule has 0 saturated carbocycles. The van der Waals surface area contributed by atoms with Gasteiger partial charge in [-0.25, -0.2) is 0 Å². The Morgan fingerprint density at radius 1 is 1.64 bits per heavy atom. The Morgan fingerprint density at radius 3 is 3.00 bits per heavy atom. The zero-order valence-corrected chi connectivity index (χ0v) is 10.9. The number of thiol groups is 1. The number of carbonyl (C=O) groups excluding carboxylic acids is 1. The van der Waals surface area contributed by atoms with Crippen molar-refractivity contribution in [1.29, 1.82) is 0 Å². The predicted octanol–water partition coefficient (Wildman–Crippen LogP) is 2.49. The van der Waals surface area contributed by atoms with Gasteiger partial charge < -0.3 is 5.32 Å². The lowest BCUT2D eigenvalue weighted by atomic mass is 10.3. The Hall–Kier alpha value is -0.0000000000000000833. The minimum atomic E-state index is 0.0793. The Labute approximate surface area is 102 Å². The van der Waals surface area contributed by atoms with E-state index in [1.807, 2.05) is 5.38 Å². The zero-order chi connectivity index (χ0) is 10.4. The topological polar surface area (TPSA) is 29.1 Å². The Morgan fingerprint density at radius 2 is 2.43 bits per heavy atom. The highest BCUT2D eigenvalue weighted by molar-refractivity contribution is 9.10. The van der Waals surface area contributed by atoms with Crippen molar-refractivity contribution >= 4 is 45.8 Å². The summed E-state index contributed by atoms with van der Waals surface area (Å²) in [6, 6.07) is 2.08. The third kappa shape index (κ3) is 4.48. The number of rotatable bonds is 5. The summed E-state index contributed by atoms with van der Waals surface area (Å²) in [5.74, 6) is 0.687. The molecule has 1 rings (SSSR count). The van der Waals surface area contributed by atoms with Gasteiger partial charge in [-0.15, -0.1) is 11.3 Å². The van der Waals surface area contributed by atoms with Gasteiger partial charge >= 0.3 is 0 Å². The second kappa shape index (κ2) is 6.48. The van der Waals surface area contributed by atoms with Crippen molar-refractivity contribution in [2.45, 2.75) is 12.8 Å². The van der Waals surface area contributed by atoms with Crippen LogP contribution < -0.4 is 5.32 Å². The van der Waals surface area contributed by atoms with E-state index in [2.05, 4.69) is 39.9 Å². The first kappa shape index (κ1) is 12.1. The van der Waals surface area contributed by atoms with Crippen LogP contribution in [0.1, 0.15) is 11.3 Å². The maximum Gasteiger partial charge on any atom is 0.220 e. The number of carbonyl (C=O) groups is 1. The van der Waals surface area contributed by atoms with Crippen LogP contribution in [0.4, 0.5) is 0 Å². The van der Waals surface area contributed by atoms with Crippen molar-refractivity contribution in [1.82, 2.24) is 5.32 Å². The van der Waals surface area contributed by atoms with E-state index in [1.54, 1.807) is 11.3 Å². The smallest absolute Gasteiger partial charge is 0.220 e. The first-order valence-electron chi connectivity index (χ1n) is 4.33. The summed E-state index contributed by atoms with van der Waals surface area (Å²) in [6.45, 7) is 0.708. The summed E-state index contributed by atoms with van der Waals surface area (Å²) < 4.78 is 1.11. The summed E-state index contributed by atoms with van der Waals surface area (Å²) in [4.78, 5) is 12.4. The highest BCUT2D eigenvalue weighted by Gasteiger charge is 2.00. The normalized spacial score (nSPS) is 10.1. The molecule has 1 aromatic heterocycles. The van der Waals surface area contributed by atoms with Crippen molar-refractivity contribution in [3.8, 4) is 0 Å². The van der Waals surface area contributed by atoms with Crippen LogP contribution in [0.3, 0.4) is 0 Å². The average Bonchev–Trinajstić information content (AvgIpc) is 2.52. The Balaban J connectivity index is 2.18. The molecule has 0 aliphatic rings. The highest BCUT2D eigenvalue weighted by Crippen LogP contribution is 2.19. The lowest BCUT2D eigenvalue weighted by molar-refractivity contribution is -0.120. The fourth-order valence-corrected chi connectivity index (χ4v) is 2.66. The van der Waals surface area contributed by atoms with Gasteiger partial charge in [-0.2, -0.15) is 12.6 Å². The summed E-state index contributed by atoms with van der Waals surface area (Å²) in [6.07, 6.45) is 1.39. The van der Waals surface area contributed by atoms with Gasteiger partial charge in [0.2, 0.25) is 5.91 Å². The van der Waals surface area contributed by atoms with E-state index in [1.165, 1.54) is 4.88 Å². The van der Waals surface area contributed by atoms with Crippen LogP contribution in [0.25, 0.3) is 0 Å². The van der Waals surface area contributed by atoms with Gasteiger partial charge in [-0.1, -0.05) is 0 Å². The summed E-state index contributed by atoms with van der Waals surface area (Å²) in [7, 11) is 0. The standard InChI is InChI=1S/C9H12BrNOS2/c10-7-5-8(14-6-7)1-3-11-9(12)2-4-13/h5-6,13H,1-4H2,(H,11,12). The number of halogens is 1. The molecule has 0 radical (unpaired) electrons. The van der Waals surface area contributed by atoms with E-state index in [4.69, 9.17) is 0 Å². The first-order valence-corrected chi connectivity index (χ1v) is 6.63. The van der Waals surface area contributed by atoms with Crippen LogP contribution in [0.2, 0.25) is 0 Å². The Bertz CT molecular complexity index is 301. The minimum Gasteiger partial charge on any atom is -0.356 e. The molecule has 1 aromatic rings. The van der Waals surface area contributed by atoms with Crippen molar-refractivity contribution in [3.63, 3.8) is 0 Å². The van der Waals surface area contributed by atoms with Gasteiger partial charge in [0.05, 0.1) is 0 Å². The van der Waals surface area contributed by atoms with Crippen LogP contribution in [0.5, 0.6) is 0 Å². The number of thiophene rings is 1. The minimum absolute atomic E-state index is 0.0793. The second-order valence-corrected chi connectivity index (χ2v) is 5.16. The summed E-state index contributed by atoms with van der Waals surface area (Å²) in [5, 5.41) is 4.89. The van der Waals surface area contributed by atoms with E-state index in [0.717, 1.165) is 10.9 Å². The third-order valence-electron chi connectivity index (χ3n) is 1.65. The molecule has 0 unspecified atom stereocenters. The molecule has 0 aliphatic heterocycles. The molecule has 0 spiro atoms. The number of hydrogen-bond acceptors (Lipinski definition) is 3. The monoisotopic (exact) mass is 293 g/mol. The van der Waals surface area contributed by atoms with Gasteiger partial charge in [0.25, 0.3) is 0 Å². The number of amides is 1. The van der Waals surface area contributed by atoms with E-state index in [0.29, 0.717) is 18.7 Å². The molecule has 14 heavy (non-hydrogen) atoms.